The molecule has 1 atom stereocenters. The second kappa shape index (κ2) is 6.06. The molecule has 7 nitrogen and oxygen atoms in total. The van der Waals surface area contributed by atoms with E-state index in [-0.39, 0.29) is 18.3 Å². The van der Waals surface area contributed by atoms with E-state index in [1.54, 1.807) is 6.92 Å². The summed E-state index contributed by atoms with van der Waals surface area (Å²) in [6.45, 7) is 3.60. The lowest BCUT2D eigenvalue weighted by molar-refractivity contribution is -0.131. The van der Waals surface area contributed by atoms with Crippen molar-refractivity contribution < 1.29 is 14.1 Å². The molecule has 2 aromatic heterocycles. The van der Waals surface area contributed by atoms with Gasteiger partial charge in [-0.3, -0.25) is 9.69 Å². The number of hydrogen-bond donors (Lipinski definition) is 1. The normalized spacial score (nSPS) is 19.8. The summed E-state index contributed by atoms with van der Waals surface area (Å²) in [7, 11) is 0. The summed E-state index contributed by atoms with van der Waals surface area (Å²) in [5, 5.41) is 10.4. The van der Waals surface area contributed by atoms with E-state index >= 15 is 0 Å². The molecule has 3 aromatic rings. The van der Waals surface area contributed by atoms with Gasteiger partial charge in [0.15, 0.2) is 0 Å². The van der Waals surface area contributed by atoms with E-state index in [9.17, 15) is 9.59 Å². The van der Waals surface area contributed by atoms with Gasteiger partial charge in [-0.05, 0) is 42.3 Å². The molecule has 26 heavy (non-hydrogen) atoms. The Morgan fingerprint density at radius 1 is 1.31 bits per heavy atom. The van der Waals surface area contributed by atoms with Gasteiger partial charge in [0, 0.05) is 5.56 Å². The number of hydrogen-bond acceptors (Lipinski definition) is 6. The van der Waals surface area contributed by atoms with Crippen molar-refractivity contribution in [1.82, 2.24) is 20.4 Å². The van der Waals surface area contributed by atoms with Crippen molar-refractivity contribution in [3.05, 3.63) is 58.1 Å². The number of nitrogens with zero attached hydrogens (tertiary/aromatic N) is 3. The summed E-state index contributed by atoms with van der Waals surface area (Å²) in [6, 6.07) is 9.06. The zero-order valence-corrected chi connectivity index (χ0v) is 15.0. The first-order valence-corrected chi connectivity index (χ1v) is 8.98. The van der Waals surface area contributed by atoms with E-state index in [2.05, 4.69) is 15.5 Å². The lowest BCUT2D eigenvalue weighted by Crippen LogP contribution is -2.40. The minimum atomic E-state index is -1.07. The molecule has 1 saturated heterocycles. The third-order valence-electron chi connectivity index (χ3n) is 4.41. The Bertz CT molecular complexity index is 982. The van der Waals surface area contributed by atoms with Gasteiger partial charge in [-0.2, -0.15) is 16.3 Å². The number of amides is 3. The number of rotatable bonds is 4. The van der Waals surface area contributed by atoms with Crippen LogP contribution >= 0.6 is 11.3 Å². The van der Waals surface area contributed by atoms with Crippen LogP contribution in [0.15, 0.2) is 45.6 Å². The average Bonchev–Trinajstić information content (AvgIpc) is 3.34. The number of benzene rings is 1. The standard InChI is InChI=1S/C18H16N4O3S/c1-11-4-3-5-12(8-11)15-19-14(25-21-15)9-22-16(23)18(2,20-17(22)24)13-6-7-26-10-13/h3-8,10H,9H2,1-2H3,(H,20,24)/t18-/m1/s1. The molecule has 0 spiro atoms. The van der Waals surface area contributed by atoms with Crippen LogP contribution in [0.3, 0.4) is 0 Å². The van der Waals surface area contributed by atoms with Crippen molar-refractivity contribution in [3.63, 3.8) is 0 Å². The number of thiophene rings is 1. The third-order valence-corrected chi connectivity index (χ3v) is 5.09. The van der Waals surface area contributed by atoms with Gasteiger partial charge in [0.2, 0.25) is 11.7 Å². The Morgan fingerprint density at radius 3 is 2.88 bits per heavy atom. The maximum Gasteiger partial charge on any atom is 0.325 e. The summed E-state index contributed by atoms with van der Waals surface area (Å²) in [5.74, 6) is 0.298. The van der Waals surface area contributed by atoms with Crippen molar-refractivity contribution in [2.24, 2.45) is 0 Å². The van der Waals surface area contributed by atoms with Crippen LogP contribution in [0.4, 0.5) is 4.79 Å². The lowest BCUT2D eigenvalue weighted by Gasteiger charge is -2.20. The topological polar surface area (TPSA) is 88.3 Å². The van der Waals surface area contributed by atoms with Crippen LogP contribution in [-0.4, -0.2) is 27.0 Å². The molecule has 0 bridgehead atoms. The van der Waals surface area contributed by atoms with E-state index in [0.29, 0.717) is 5.82 Å². The largest absolute Gasteiger partial charge is 0.337 e. The number of aryl methyl sites for hydroxylation is 1. The van der Waals surface area contributed by atoms with Gasteiger partial charge in [-0.15, -0.1) is 0 Å². The monoisotopic (exact) mass is 368 g/mol. The molecule has 3 heterocycles. The van der Waals surface area contributed by atoms with Crippen molar-refractivity contribution in [2.45, 2.75) is 25.9 Å². The molecule has 0 unspecified atom stereocenters. The predicted octanol–water partition coefficient (Wildman–Crippen LogP) is 3.07. The first kappa shape index (κ1) is 16.5. The van der Waals surface area contributed by atoms with Crippen molar-refractivity contribution in [2.75, 3.05) is 0 Å². The Morgan fingerprint density at radius 2 is 2.15 bits per heavy atom. The predicted molar refractivity (Wildman–Crippen MR) is 95.2 cm³/mol. The zero-order chi connectivity index (χ0) is 18.3. The summed E-state index contributed by atoms with van der Waals surface area (Å²) >= 11 is 1.47. The highest BCUT2D eigenvalue weighted by Gasteiger charge is 2.49. The number of imide groups is 1. The zero-order valence-electron chi connectivity index (χ0n) is 14.2. The fraction of sp³-hybridized carbons (Fsp3) is 0.222. The van der Waals surface area contributed by atoms with Crippen LogP contribution in [0.1, 0.15) is 23.9 Å². The molecule has 3 amide bonds. The lowest BCUT2D eigenvalue weighted by atomic mass is 9.95. The second-order valence-electron chi connectivity index (χ2n) is 6.34. The number of carbonyl (C=O) groups excluding carboxylic acids is 2. The molecular formula is C18H16N4O3S. The van der Waals surface area contributed by atoms with Gasteiger partial charge in [-0.1, -0.05) is 28.9 Å². The van der Waals surface area contributed by atoms with Crippen LogP contribution in [0, 0.1) is 6.92 Å². The first-order chi connectivity index (χ1) is 12.5. The van der Waals surface area contributed by atoms with Crippen LogP contribution < -0.4 is 5.32 Å². The van der Waals surface area contributed by atoms with Gasteiger partial charge in [-0.25, -0.2) is 4.79 Å². The minimum absolute atomic E-state index is 0.0663. The van der Waals surface area contributed by atoms with Gasteiger partial charge < -0.3 is 9.84 Å². The molecule has 1 aromatic carbocycles. The van der Waals surface area contributed by atoms with Crippen LogP contribution in [0.2, 0.25) is 0 Å². The number of nitrogens with one attached hydrogen (secondary N) is 1. The summed E-state index contributed by atoms with van der Waals surface area (Å²) < 4.78 is 5.24. The van der Waals surface area contributed by atoms with Crippen molar-refractivity contribution in [1.29, 1.82) is 0 Å². The molecule has 1 aliphatic rings. The van der Waals surface area contributed by atoms with E-state index in [1.165, 1.54) is 11.3 Å². The highest BCUT2D eigenvalue weighted by molar-refractivity contribution is 7.08. The molecule has 8 heteroatoms. The minimum Gasteiger partial charge on any atom is -0.337 e. The van der Waals surface area contributed by atoms with Gasteiger partial charge >= 0.3 is 6.03 Å². The van der Waals surface area contributed by atoms with E-state index < -0.39 is 11.6 Å². The van der Waals surface area contributed by atoms with E-state index in [4.69, 9.17) is 4.52 Å². The highest BCUT2D eigenvalue weighted by atomic mass is 32.1. The summed E-state index contributed by atoms with van der Waals surface area (Å²) in [5.41, 5.74) is 1.58. The smallest absolute Gasteiger partial charge is 0.325 e. The first-order valence-electron chi connectivity index (χ1n) is 8.04. The molecule has 1 N–H and O–H groups in total. The van der Waals surface area contributed by atoms with Crippen LogP contribution in [-0.2, 0) is 16.9 Å². The Hall–Kier alpha value is -3.00. The number of urea groups is 1. The van der Waals surface area contributed by atoms with Crippen molar-refractivity contribution in [3.8, 4) is 11.4 Å². The quantitative estimate of drug-likeness (QED) is 0.715. The summed E-state index contributed by atoms with van der Waals surface area (Å²) in [4.78, 5) is 30.6. The third kappa shape index (κ3) is 2.68. The molecule has 1 aliphatic heterocycles. The number of carbonyl (C=O) groups is 2. The van der Waals surface area contributed by atoms with E-state index in [0.717, 1.165) is 21.6 Å². The Labute approximate surface area is 153 Å². The maximum atomic E-state index is 12.8. The van der Waals surface area contributed by atoms with Crippen LogP contribution in [0.25, 0.3) is 11.4 Å². The molecule has 4 rings (SSSR count). The molecule has 1 fully saturated rings. The van der Waals surface area contributed by atoms with Gasteiger partial charge in [0.05, 0.1) is 0 Å². The number of aromatic nitrogens is 2. The second-order valence-corrected chi connectivity index (χ2v) is 7.12. The maximum absolute atomic E-state index is 12.8. The fourth-order valence-electron chi connectivity index (χ4n) is 2.94. The van der Waals surface area contributed by atoms with Gasteiger partial charge in [0.1, 0.15) is 12.1 Å². The molecule has 0 saturated carbocycles. The average molecular weight is 368 g/mol. The Kier molecular flexibility index (Phi) is 3.84. The SMILES string of the molecule is Cc1cccc(-c2noc(CN3C(=O)N[C@](C)(c4ccsc4)C3=O)n2)c1. The van der Waals surface area contributed by atoms with Gasteiger partial charge in [0.25, 0.3) is 5.91 Å². The fourth-order valence-corrected chi connectivity index (χ4v) is 3.71. The molecular weight excluding hydrogens is 352 g/mol. The van der Waals surface area contributed by atoms with Crippen molar-refractivity contribution >= 4 is 23.3 Å². The van der Waals surface area contributed by atoms with Crippen LogP contribution in [0.5, 0.6) is 0 Å². The molecule has 0 radical (unpaired) electrons. The molecule has 132 valence electrons. The highest BCUT2D eigenvalue weighted by Crippen LogP contribution is 2.31. The van der Waals surface area contributed by atoms with E-state index in [1.807, 2.05) is 48.0 Å². The Balaban J connectivity index is 1.56. The summed E-state index contributed by atoms with van der Waals surface area (Å²) in [6.07, 6.45) is 0. The molecule has 0 aliphatic carbocycles.